The van der Waals surface area contributed by atoms with Crippen molar-refractivity contribution in [2.24, 2.45) is 11.3 Å². The average molecular weight is 382 g/mol. The van der Waals surface area contributed by atoms with Crippen LogP contribution in [-0.2, 0) is 19.1 Å². The highest BCUT2D eigenvalue weighted by Crippen LogP contribution is 2.36. The van der Waals surface area contributed by atoms with E-state index in [0.717, 1.165) is 32.1 Å². The van der Waals surface area contributed by atoms with Crippen LogP contribution in [-0.4, -0.2) is 36.2 Å². The number of amides is 1. The maximum absolute atomic E-state index is 11.9. The van der Waals surface area contributed by atoms with Crippen LogP contribution in [0.2, 0.25) is 0 Å². The fourth-order valence-corrected chi connectivity index (χ4v) is 4.49. The topological polar surface area (TPSA) is 64.6 Å². The molecule has 1 amide bonds. The summed E-state index contributed by atoms with van der Waals surface area (Å²) in [5.41, 5.74) is 0.00955. The highest BCUT2D eigenvalue weighted by molar-refractivity contribution is 5.75. The van der Waals surface area contributed by atoms with Gasteiger partial charge in [0.05, 0.1) is 12.2 Å². The third kappa shape index (κ3) is 7.10. The van der Waals surface area contributed by atoms with Crippen LogP contribution in [0.15, 0.2) is 0 Å². The average Bonchev–Trinajstić information content (AvgIpc) is 2.60. The normalized spacial score (nSPS) is 28.4. The van der Waals surface area contributed by atoms with Gasteiger partial charge in [-0.05, 0) is 37.0 Å². The SMILES string of the molecule is CCC(=O)NC1C[C@@H](C[C@@H](OC(C)=O)C2CCCCC2)O[C@@H](C(C)(C)C)C1. The van der Waals surface area contributed by atoms with Gasteiger partial charge in [0.15, 0.2) is 0 Å². The Labute approximate surface area is 164 Å². The summed E-state index contributed by atoms with van der Waals surface area (Å²) >= 11 is 0. The summed E-state index contributed by atoms with van der Waals surface area (Å²) in [5, 5.41) is 3.17. The summed E-state index contributed by atoms with van der Waals surface area (Å²) in [6.07, 6.45) is 8.86. The van der Waals surface area contributed by atoms with Crippen LogP contribution < -0.4 is 5.32 Å². The summed E-state index contributed by atoms with van der Waals surface area (Å²) in [6, 6.07) is 0.129. The molecule has 0 aromatic heterocycles. The molecular weight excluding hydrogens is 342 g/mol. The zero-order chi connectivity index (χ0) is 20.0. The molecule has 1 saturated heterocycles. The summed E-state index contributed by atoms with van der Waals surface area (Å²) in [5.74, 6) is 0.326. The predicted octanol–water partition coefficient (Wildman–Crippen LogP) is 4.38. The zero-order valence-electron chi connectivity index (χ0n) is 17.9. The van der Waals surface area contributed by atoms with Crippen LogP contribution >= 0.6 is 0 Å². The van der Waals surface area contributed by atoms with Crippen molar-refractivity contribution < 1.29 is 19.1 Å². The van der Waals surface area contributed by atoms with Crippen LogP contribution in [0, 0.1) is 11.3 Å². The van der Waals surface area contributed by atoms with Crippen LogP contribution in [0.1, 0.15) is 92.4 Å². The molecular formula is C22H39NO4. The van der Waals surface area contributed by atoms with Crippen molar-refractivity contribution in [3.63, 3.8) is 0 Å². The summed E-state index contributed by atoms with van der Waals surface area (Å²) in [6.45, 7) is 9.93. The van der Waals surface area contributed by atoms with Crippen LogP contribution in [0.4, 0.5) is 0 Å². The monoisotopic (exact) mass is 381 g/mol. The van der Waals surface area contributed by atoms with Crippen LogP contribution in [0.3, 0.4) is 0 Å². The Morgan fingerprint density at radius 2 is 1.81 bits per heavy atom. The molecule has 0 bridgehead atoms. The van der Waals surface area contributed by atoms with E-state index in [-0.39, 0.29) is 41.6 Å². The lowest BCUT2D eigenvalue weighted by Gasteiger charge is -2.43. The first kappa shape index (κ1) is 22.2. The third-order valence-corrected chi connectivity index (χ3v) is 6.04. The zero-order valence-corrected chi connectivity index (χ0v) is 17.9. The number of nitrogens with one attached hydrogen (secondary N) is 1. The molecule has 4 atom stereocenters. The van der Waals surface area contributed by atoms with E-state index in [0.29, 0.717) is 12.3 Å². The van der Waals surface area contributed by atoms with Crippen LogP contribution in [0.5, 0.6) is 0 Å². The van der Waals surface area contributed by atoms with Gasteiger partial charge in [0.2, 0.25) is 5.91 Å². The first-order chi connectivity index (χ1) is 12.7. The molecule has 0 spiro atoms. The van der Waals surface area contributed by atoms with Crippen molar-refractivity contribution in [3.8, 4) is 0 Å². The first-order valence-corrected chi connectivity index (χ1v) is 10.8. The molecule has 1 aliphatic heterocycles. The van der Waals surface area contributed by atoms with Gasteiger partial charge in [-0.2, -0.15) is 0 Å². The van der Waals surface area contributed by atoms with Crippen LogP contribution in [0.25, 0.3) is 0 Å². The van der Waals surface area contributed by atoms with Gasteiger partial charge in [-0.15, -0.1) is 0 Å². The fourth-order valence-electron chi connectivity index (χ4n) is 4.49. The number of hydrogen-bond acceptors (Lipinski definition) is 4. The standard InChI is InChI=1S/C22H39NO4/c1-6-21(25)23-17-12-18(27-20(13-17)22(3,4)5)14-19(26-15(2)24)16-10-8-7-9-11-16/h16-20H,6-14H2,1-5H3,(H,23,25)/t17?,18-,19+,20+/m0/s1. The Morgan fingerprint density at radius 1 is 1.15 bits per heavy atom. The van der Waals surface area contributed by atoms with E-state index in [1.807, 2.05) is 6.92 Å². The predicted molar refractivity (Wildman–Crippen MR) is 106 cm³/mol. The van der Waals surface area contributed by atoms with E-state index in [1.165, 1.54) is 26.2 Å². The third-order valence-electron chi connectivity index (χ3n) is 6.04. The number of esters is 1. The molecule has 5 nitrogen and oxygen atoms in total. The lowest BCUT2D eigenvalue weighted by molar-refractivity contribution is -0.158. The summed E-state index contributed by atoms with van der Waals surface area (Å²) in [7, 11) is 0. The quantitative estimate of drug-likeness (QED) is 0.694. The molecule has 1 unspecified atom stereocenters. The first-order valence-electron chi connectivity index (χ1n) is 10.8. The van der Waals surface area contributed by atoms with E-state index >= 15 is 0 Å². The van der Waals surface area contributed by atoms with Gasteiger partial charge in [-0.3, -0.25) is 9.59 Å². The van der Waals surface area contributed by atoms with E-state index < -0.39 is 0 Å². The van der Waals surface area contributed by atoms with Crippen molar-refractivity contribution in [2.75, 3.05) is 0 Å². The van der Waals surface area contributed by atoms with E-state index in [1.54, 1.807) is 0 Å². The smallest absolute Gasteiger partial charge is 0.302 e. The number of carbonyl (C=O) groups excluding carboxylic acids is 2. The molecule has 2 aliphatic rings. The van der Waals surface area contributed by atoms with Crippen molar-refractivity contribution in [1.29, 1.82) is 0 Å². The molecule has 0 aromatic rings. The molecule has 1 heterocycles. The minimum absolute atomic E-state index is 0.00955. The summed E-state index contributed by atoms with van der Waals surface area (Å²) < 4.78 is 12.2. The second-order valence-electron chi connectivity index (χ2n) is 9.48. The molecule has 156 valence electrons. The maximum atomic E-state index is 11.9. The summed E-state index contributed by atoms with van der Waals surface area (Å²) in [4.78, 5) is 23.6. The minimum atomic E-state index is -0.204. The highest BCUT2D eigenvalue weighted by Gasteiger charge is 2.39. The van der Waals surface area contributed by atoms with Gasteiger partial charge in [-0.1, -0.05) is 47.0 Å². The van der Waals surface area contributed by atoms with Gasteiger partial charge in [0, 0.05) is 25.8 Å². The van der Waals surface area contributed by atoms with Gasteiger partial charge in [0.1, 0.15) is 6.10 Å². The molecule has 2 rings (SSSR count). The second kappa shape index (κ2) is 9.90. The number of hydrogen-bond donors (Lipinski definition) is 1. The number of rotatable bonds is 6. The highest BCUT2D eigenvalue weighted by atomic mass is 16.5. The Bertz CT molecular complexity index is 493. The van der Waals surface area contributed by atoms with E-state index in [4.69, 9.17) is 9.47 Å². The number of ether oxygens (including phenoxy) is 2. The molecule has 2 fully saturated rings. The lowest BCUT2D eigenvalue weighted by atomic mass is 9.79. The molecule has 0 aromatic carbocycles. The minimum Gasteiger partial charge on any atom is -0.462 e. The molecule has 1 saturated carbocycles. The molecule has 27 heavy (non-hydrogen) atoms. The van der Waals surface area contributed by atoms with Gasteiger partial charge in [0.25, 0.3) is 0 Å². The van der Waals surface area contributed by atoms with Crippen molar-refractivity contribution in [3.05, 3.63) is 0 Å². The molecule has 0 radical (unpaired) electrons. The largest absolute Gasteiger partial charge is 0.462 e. The Hall–Kier alpha value is -1.10. The number of carbonyl (C=O) groups is 2. The van der Waals surface area contributed by atoms with Crippen molar-refractivity contribution >= 4 is 11.9 Å². The lowest BCUT2D eigenvalue weighted by Crippen LogP contribution is -2.50. The Kier molecular flexibility index (Phi) is 8.14. The Morgan fingerprint density at radius 3 is 2.37 bits per heavy atom. The molecule has 1 N–H and O–H groups in total. The van der Waals surface area contributed by atoms with E-state index in [2.05, 4.69) is 26.1 Å². The van der Waals surface area contributed by atoms with Crippen molar-refractivity contribution in [2.45, 2.75) is 117 Å². The maximum Gasteiger partial charge on any atom is 0.302 e. The van der Waals surface area contributed by atoms with E-state index in [9.17, 15) is 9.59 Å². The van der Waals surface area contributed by atoms with Gasteiger partial charge >= 0.3 is 5.97 Å². The molecule has 1 aliphatic carbocycles. The van der Waals surface area contributed by atoms with Crippen molar-refractivity contribution in [1.82, 2.24) is 5.32 Å². The molecule has 5 heteroatoms. The van der Waals surface area contributed by atoms with Gasteiger partial charge in [-0.25, -0.2) is 0 Å². The Balaban J connectivity index is 2.08. The van der Waals surface area contributed by atoms with Gasteiger partial charge < -0.3 is 14.8 Å². The second-order valence-corrected chi connectivity index (χ2v) is 9.48. The fraction of sp³-hybridized carbons (Fsp3) is 0.909.